The molecule has 0 saturated heterocycles. The number of rotatable bonds is 8. The van der Waals surface area contributed by atoms with Crippen molar-refractivity contribution in [1.29, 1.82) is 5.26 Å². The van der Waals surface area contributed by atoms with E-state index in [1.165, 1.54) is 0 Å². The summed E-state index contributed by atoms with van der Waals surface area (Å²) in [6.07, 6.45) is 0.0712. The lowest BCUT2D eigenvalue weighted by Gasteiger charge is -2.30. The third kappa shape index (κ3) is 7.45. The van der Waals surface area contributed by atoms with E-state index >= 15 is 0 Å². The number of hydrogen-bond donors (Lipinski definition) is 3. The van der Waals surface area contributed by atoms with Crippen LogP contribution >= 0.6 is 7.75 Å². The van der Waals surface area contributed by atoms with E-state index in [4.69, 9.17) is 9.79 Å². The number of nitrogens with zero attached hydrogens (tertiary/aromatic N) is 2. The first kappa shape index (κ1) is 16.5. The highest BCUT2D eigenvalue weighted by atomic mass is 31.2. The first-order valence-corrected chi connectivity index (χ1v) is 7.00. The zero-order valence-electron chi connectivity index (χ0n) is 10.7. The maximum absolute atomic E-state index is 11.9. The third-order valence-electron chi connectivity index (χ3n) is 1.49. The van der Waals surface area contributed by atoms with E-state index in [1.807, 2.05) is 33.8 Å². The first-order chi connectivity index (χ1) is 7.79. The van der Waals surface area contributed by atoms with Crippen molar-refractivity contribution in [3.63, 3.8) is 0 Å². The Hall–Kier alpha value is -0.480. The fourth-order valence-corrected chi connectivity index (χ4v) is 2.14. The van der Waals surface area contributed by atoms with Crippen LogP contribution < -0.4 is 10.9 Å². The fraction of sp³-hybridized carbons (Fsp3) is 0.889. The normalized spacial score (nSPS) is 15.2. The van der Waals surface area contributed by atoms with Gasteiger partial charge in [-0.25, -0.2) is 15.4 Å². The Balaban J connectivity index is 4.53. The van der Waals surface area contributed by atoms with Crippen molar-refractivity contribution < 1.29 is 14.0 Å². The van der Waals surface area contributed by atoms with Gasteiger partial charge in [-0.1, -0.05) is 4.89 Å². The Morgan fingerprint density at radius 3 is 2.18 bits per heavy atom. The van der Waals surface area contributed by atoms with Crippen molar-refractivity contribution in [2.75, 3.05) is 6.61 Å². The maximum atomic E-state index is 11.9. The van der Waals surface area contributed by atoms with E-state index in [1.54, 1.807) is 0 Å². The van der Waals surface area contributed by atoms with Gasteiger partial charge in [0.15, 0.2) is 0 Å². The van der Waals surface area contributed by atoms with Crippen LogP contribution in [0.3, 0.4) is 0 Å². The number of nitrogens with one attached hydrogen (secondary N) is 2. The zero-order chi connectivity index (χ0) is 13.5. The number of nitriles is 1. The van der Waals surface area contributed by atoms with Gasteiger partial charge in [0.2, 0.25) is 0 Å². The van der Waals surface area contributed by atoms with Crippen LogP contribution in [-0.2, 0) is 9.09 Å². The van der Waals surface area contributed by atoms with Gasteiger partial charge in [0.25, 0.3) is 0 Å². The minimum atomic E-state index is -3.98. The lowest BCUT2D eigenvalue weighted by atomic mass is 10.4. The summed E-state index contributed by atoms with van der Waals surface area (Å²) < 4.78 is 16.7. The third-order valence-corrected chi connectivity index (χ3v) is 2.74. The Labute approximate surface area is 102 Å². The second-order valence-corrected chi connectivity index (χ2v) is 5.75. The molecule has 17 heavy (non-hydrogen) atoms. The number of hydrazine groups is 2. The average Bonchev–Trinajstić information content (AvgIpc) is 2.15. The molecule has 0 heterocycles. The quantitative estimate of drug-likeness (QED) is 0.343. The van der Waals surface area contributed by atoms with Crippen LogP contribution in [0, 0.1) is 11.3 Å². The maximum Gasteiger partial charge on any atom is 0.433 e. The van der Waals surface area contributed by atoms with Gasteiger partial charge in [-0.3, -0.25) is 4.52 Å². The monoisotopic (exact) mass is 264 g/mol. The van der Waals surface area contributed by atoms with Crippen molar-refractivity contribution in [2.45, 2.75) is 46.2 Å². The molecular formula is C9H21N4O3P. The molecule has 0 aliphatic heterocycles. The highest BCUT2D eigenvalue weighted by molar-refractivity contribution is 7.50. The molecule has 0 aromatic carbocycles. The molecule has 0 aromatic heterocycles. The zero-order valence-corrected chi connectivity index (χ0v) is 11.6. The van der Waals surface area contributed by atoms with Gasteiger partial charge < -0.3 is 4.89 Å². The van der Waals surface area contributed by atoms with Crippen LogP contribution in [0.5, 0.6) is 0 Å². The number of hydrogen-bond acceptors (Lipinski definition) is 5. The van der Waals surface area contributed by atoms with Gasteiger partial charge in [-0.05, 0) is 27.7 Å². The summed E-state index contributed by atoms with van der Waals surface area (Å²) in [6.45, 7) is 7.27. The van der Waals surface area contributed by atoms with E-state index in [9.17, 15) is 9.46 Å². The molecule has 1 unspecified atom stereocenters. The average molecular weight is 264 g/mol. The molecule has 1 atom stereocenters. The SMILES string of the molecule is CC(C)NN(NC(C)C)P(=O)(O)OCCC#N. The van der Waals surface area contributed by atoms with Crippen molar-refractivity contribution in [3.05, 3.63) is 0 Å². The van der Waals surface area contributed by atoms with E-state index in [0.29, 0.717) is 0 Å². The van der Waals surface area contributed by atoms with Crippen molar-refractivity contribution in [2.24, 2.45) is 0 Å². The van der Waals surface area contributed by atoms with Crippen LogP contribution in [0.2, 0.25) is 0 Å². The smallest absolute Gasteiger partial charge is 0.311 e. The molecule has 8 heteroatoms. The molecule has 0 aliphatic rings. The first-order valence-electron chi connectivity index (χ1n) is 5.46. The molecule has 0 radical (unpaired) electrons. The lowest BCUT2D eigenvalue weighted by Crippen LogP contribution is -2.51. The summed E-state index contributed by atoms with van der Waals surface area (Å²) in [5, 5.41) is 8.35. The van der Waals surface area contributed by atoms with Crippen LogP contribution in [0.4, 0.5) is 0 Å². The topological polar surface area (TPSA) is 97.6 Å². The molecule has 0 aromatic rings. The summed E-state index contributed by atoms with van der Waals surface area (Å²) in [5.74, 6) is 0. The van der Waals surface area contributed by atoms with Crippen molar-refractivity contribution >= 4 is 7.75 Å². The van der Waals surface area contributed by atoms with Crippen LogP contribution in [-0.4, -0.2) is 28.5 Å². The minimum absolute atomic E-state index is 0.0266. The van der Waals surface area contributed by atoms with Gasteiger partial charge in [0, 0.05) is 12.1 Å². The van der Waals surface area contributed by atoms with E-state index < -0.39 is 7.75 Å². The molecule has 0 rings (SSSR count). The Morgan fingerprint density at radius 1 is 1.35 bits per heavy atom. The minimum Gasteiger partial charge on any atom is -0.311 e. The second kappa shape index (κ2) is 7.77. The van der Waals surface area contributed by atoms with Gasteiger partial charge in [-0.15, -0.1) is 0 Å². The Morgan fingerprint density at radius 2 is 1.82 bits per heavy atom. The van der Waals surface area contributed by atoms with Gasteiger partial charge in [-0.2, -0.15) is 5.26 Å². The lowest BCUT2D eigenvalue weighted by molar-refractivity contribution is 0.115. The van der Waals surface area contributed by atoms with E-state index in [0.717, 1.165) is 4.89 Å². The predicted molar refractivity (Wildman–Crippen MR) is 64.4 cm³/mol. The van der Waals surface area contributed by atoms with Crippen LogP contribution in [0.15, 0.2) is 0 Å². The largest absolute Gasteiger partial charge is 0.433 e. The summed E-state index contributed by atoms with van der Waals surface area (Å²) in [7, 11) is -3.98. The second-order valence-electron chi connectivity index (χ2n) is 4.11. The molecule has 3 N–H and O–H groups in total. The van der Waals surface area contributed by atoms with E-state index in [2.05, 4.69) is 10.9 Å². The van der Waals surface area contributed by atoms with Gasteiger partial charge >= 0.3 is 7.75 Å². The highest BCUT2D eigenvalue weighted by Crippen LogP contribution is 2.43. The molecule has 100 valence electrons. The van der Waals surface area contributed by atoms with Crippen molar-refractivity contribution in [3.8, 4) is 6.07 Å². The molecule has 7 nitrogen and oxygen atoms in total. The molecule has 0 saturated carbocycles. The predicted octanol–water partition coefficient (Wildman–Crippen LogP) is 1.15. The summed E-state index contributed by atoms with van der Waals surface area (Å²) in [6, 6.07) is 1.79. The van der Waals surface area contributed by atoms with Gasteiger partial charge in [0.05, 0.1) is 19.1 Å². The fourth-order valence-electron chi connectivity index (χ4n) is 0.940. The molecular weight excluding hydrogens is 243 g/mol. The van der Waals surface area contributed by atoms with Crippen LogP contribution in [0.1, 0.15) is 34.1 Å². The van der Waals surface area contributed by atoms with Crippen molar-refractivity contribution in [1.82, 2.24) is 15.7 Å². The Kier molecular flexibility index (Phi) is 7.55. The molecule has 0 fully saturated rings. The standard InChI is InChI=1S/C9H21N4O3P/c1-8(2)11-13(12-9(3)4)17(14,15)16-7-5-6-10/h8-9,11-12H,5,7H2,1-4H3,(H,14,15). The summed E-state index contributed by atoms with van der Waals surface area (Å²) in [4.78, 5) is 10.7. The molecule has 0 aliphatic carbocycles. The summed E-state index contributed by atoms with van der Waals surface area (Å²) in [5.41, 5.74) is 5.56. The highest BCUT2D eigenvalue weighted by Gasteiger charge is 2.31. The van der Waals surface area contributed by atoms with Crippen LogP contribution in [0.25, 0.3) is 0 Å². The van der Waals surface area contributed by atoms with Gasteiger partial charge in [0.1, 0.15) is 0 Å². The Bertz CT molecular complexity index is 293. The summed E-state index contributed by atoms with van der Waals surface area (Å²) >= 11 is 0. The molecule has 0 amide bonds. The van der Waals surface area contributed by atoms with E-state index in [-0.39, 0.29) is 25.1 Å². The molecule has 0 spiro atoms. The molecule has 0 bridgehead atoms.